The van der Waals surface area contributed by atoms with Crippen molar-refractivity contribution < 1.29 is 38.8 Å². The molecule has 16 heteroatoms. The molecule has 1 fully saturated rings. The van der Waals surface area contributed by atoms with E-state index in [2.05, 4.69) is 44.4 Å². The molecule has 4 aromatic heterocycles. The zero-order valence-corrected chi connectivity index (χ0v) is 38.5. The number of hydrogen-bond donors (Lipinski definition) is 3. The normalized spacial score (nSPS) is 13.7. The van der Waals surface area contributed by atoms with Gasteiger partial charge in [-0.3, -0.25) is 14.2 Å². The lowest BCUT2D eigenvalue weighted by molar-refractivity contribution is 0.0629. The molecule has 10 rings (SSSR count). The second-order valence-corrected chi connectivity index (χ2v) is 17.5. The van der Waals surface area contributed by atoms with Crippen molar-refractivity contribution in [3.63, 3.8) is 0 Å². The van der Waals surface area contributed by atoms with E-state index in [1.54, 1.807) is 83.3 Å². The van der Waals surface area contributed by atoms with Gasteiger partial charge in [0.05, 0.1) is 28.4 Å². The summed E-state index contributed by atoms with van der Waals surface area (Å²) in [5, 5.41) is 34.4. The molecule has 0 radical (unpaired) electrons. The number of piperidine rings is 1. The van der Waals surface area contributed by atoms with Crippen molar-refractivity contribution in [2.75, 3.05) is 26.2 Å². The molecule has 0 saturated carbocycles. The van der Waals surface area contributed by atoms with Gasteiger partial charge in [0.15, 0.2) is 5.82 Å². The summed E-state index contributed by atoms with van der Waals surface area (Å²) in [6.45, 7) is 9.89. The van der Waals surface area contributed by atoms with Gasteiger partial charge in [-0.25, -0.2) is 9.78 Å². The number of carbonyl (C=O) groups excluding carboxylic acids is 3. The van der Waals surface area contributed by atoms with Crippen molar-refractivity contribution in [2.45, 2.75) is 59.1 Å². The SMILES string of the molecule is CCNC(=O)c1nnc(-c2cc(C(C)C)c(O)cc2O)n1-c1ccc(Oc2ccc(C(=O)N3CCC(N(CC)C(=O)Oc4ccc5nc6c(cc5c4)cn4cc5c(cc64)C=COC5)CC3)cc2)cc1. The van der Waals surface area contributed by atoms with Crippen molar-refractivity contribution in [3.8, 4) is 45.8 Å². The molecule has 2 aliphatic heterocycles. The van der Waals surface area contributed by atoms with Crippen LogP contribution in [0.1, 0.15) is 84.1 Å². The predicted octanol–water partition coefficient (Wildman–Crippen LogP) is 9.59. The fourth-order valence-corrected chi connectivity index (χ4v) is 9.20. The number of nitrogens with one attached hydrogen (secondary N) is 1. The standard InChI is InChI=1S/C53H50N8O8/c1-5-54-51(64)50-57-56-49(43-26-42(31(3)4)46(62)27-47(43)63)61(50)38-9-13-40(14-10-38)68-39-11-7-32(8-12-39)52(65)58-20-17-37(18-21-58)60(6-2)53(66)69-41-15-16-44-34(24-41)23-35-28-59-29-36-30-67-22-19-33(36)25-45(59)48(35)55-44/h7-16,19,22-29,31,37,62-63H,5-6,17-18,20-21,30H2,1-4H3,(H,54,64). The number of aromatic nitrogens is 5. The minimum absolute atomic E-state index is 0.0187. The fourth-order valence-electron chi connectivity index (χ4n) is 9.20. The Hall–Kier alpha value is -8.40. The quantitative estimate of drug-likeness (QED) is 0.112. The molecule has 69 heavy (non-hydrogen) atoms. The highest BCUT2D eigenvalue weighted by Gasteiger charge is 2.31. The van der Waals surface area contributed by atoms with E-state index in [-0.39, 0.29) is 41.0 Å². The van der Waals surface area contributed by atoms with Gasteiger partial charge in [0.2, 0.25) is 5.82 Å². The molecule has 6 heterocycles. The third-order valence-corrected chi connectivity index (χ3v) is 12.8. The molecule has 16 nitrogen and oxygen atoms in total. The van der Waals surface area contributed by atoms with Crippen LogP contribution in [0.4, 0.5) is 4.79 Å². The number of benzene rings is 4. The van der Waals surface area contributed by atoms with Crippen LogP contribution in [0.2, 0.25) is 0 Å². The number of phenols is 2. The predicted molar refractivity (Wildman–Crippen MR) is 260 cm³/mol. The van der Waals surface area contributed by atoms with Gasteiger partial charge in [0, 0.05) is 78.3 Å². The molecule has 1 saturated heterocycles. The molecule has 0 atom stereocenters. The molecule has 0 aliphatic carbocycles. The van der Waals surface area contributed by atoms with Crippen molar-refractivity contribution in [1.82, 2.24) is 39.3 Å². The van der Waals surface area contributed by atoms with E-state index in [1.807, 2.05) is 43.9 Å². The van der Waals surface area contributed by atoms with Crippen LogP contribution in [-0.4, -0.2) is 94.3 Å². The van der Waals surface area contributed by atoms with Gasteiger partial charge < -0.3 is 43.9 Å². The lowest BCUT2D eigenvalue weighted by atomic mass is 9.98. The van der Waals surface area contributed by atoms with Crippen LogP contribution in [0.25, 0.3) is 50.5 Å². The first kappa shape index (κ1) is 44.4. The van der Waals surface area contributed by atoms with Gasteiger partial charge >= 0.3 is 6.09 Å². The number of carbonyl (C=O) groups is 3. The van der Waals surface area contributed by atoms with Crippen LogP contribution in [0, 0.1) is 0 Å². The molecule has 4 aromatic carbocycles. The highest BCUT2D eigenvalue weighted by Crippen LogP contribution is 2.39. The highest BCUT2D eigenvalue weighted by atomic mass is 16.6. The third kappa shape index (κ3) is 8.60. The van der Waals surface area contributed by atoms with E-state index in [4.69, 9.17) is 19.2 Å². The molecule has 3 N–H and O–H groups in total. The Morgan fingerprint density at radius 3 is 2.32 bits per heavy atom. The fraction of sp³-hybridized carbons (Fsp3) is 0.245. The summed E-state index contributed by atoms with van der Waals surface area (Å²) >= 11 is 0. The maximum Gasteiger partial charge on any atom is 0.415 e. The average Bonchev–Trinajstić information content (AvgIpc) is 3.94. The minimum Gasteiger partial charge on any atom is -0.508 e. The third-order valence-electron chi connectivity index (χ3n) is 12.8. The number of likely N-dealkylation sites (tertiary alicyclic amines) is 1. The summed E-state index contributed by atoms with van der Waals surface area (Å²) in [4.78, 5) is 48.9. The Labute approximate surface area is 397 Å². The van der Waals surface area contributed by atoms with Crippen LogP contribution in [0.15, 0.2) is 110 Å². The molecule has 0 unspecified atom stereocenters. The summed E-state index contributed by atoms with van der Waals surface area (Å²) in [6.07, 6.45) is 8.59. The first-order valence-electron chi connectivity index (χ1n) is 23.1. The maximum atomic E-state index is 13.7. The number of hydrogen-bond acceptors (Lipinski definition) is 11. The monoisotopic (exact) mass is 926 g/mol. The second-order valence-electron chi connectivity index (χ2n) is 17.5. The summed E-state index contributed by atoms with van der Waals surface area (Å²) < 4.78 is 21.2. The van der Waals surface area contributed by atoms with Gasteiger partial charge in [-0.15, -0.1) is 10.2 Å². The Morgan fingerprint density at radius 2 is 1.59 bits per heavy atom. The summed E-state index contributed by atoms with van der Waals surface area (Å²) in [7, 11) is 0. The molecule has 0 bridgehead atoms. The van der Waals surface area contributed by atoms with E-state index in [0.717, 1.165) is 38.4 Å². The van der Waals surface area contributed by atoms with E-state index in [0.29, 0.717) is 85.3 Å². The smallest absolute Gasteiger partial charge is 0.415 e. The van der Waals surface area contributed by atoms with E-state index in [9.17, 15) is 24.6 Å². The van der Waals surface area contributed by atoms with E-state index in [1.165, 1.54) is 6.07 Å². The number of amides is 3. The maximum absolute atomic E-state index is 13.7. The molecular weight excluding hydrogens is 877 g/mol. The molecular formula is C53H50N8O8. The number of fused-ring (bicyclic) bond motifs is 5. The zero-order chi connectivity index (χ0) is 47.9. The first-order chi connectivity index (χ1) is 33.5. The van der Waals surface area contributed by atoms with Gasteiger partial charge in [-0.05, 0) is 135 Å². The largest absolute Gasteiger partial charge is 0.508 e. The van der Waals surface area contributed by atoms with Crippen LogP contribution in [0.5, 0.6) is 28.7 Å². The van der Waals surface area contributed by atoms with Crippen LogP contribution in [-0.2, 0) is 11.3 Å². The minimum atomic E-state index is -0.446. The Morgan fingerprint density at radius 1 is 0.855 bits per heavy atom. The van der Waals surface area contributed by atoms with Gasteiger partial charge in [0.25, 0.3) is 11.8 Å². The summed E-state index contributed by atoms with van der Waals surface area (Å²) in [6, 6.07) is 26.4. The lowest BCUT2D eigenvalue weighted by Gasteiger charge is -2.37. The summed E-state index contributed by atoms with van der Waals surface area (Å²) in [5.74, 6) is 0.829. The molecule has 8 aromatic rings. The van der Waals surface area contributed by atoms with Gasteiger partial charge in [-0.1, -0.05) is 13.8 Å². The molecule has 3 amide bonds. The van der Waals surface area contributed by atoms with Crippen molar-refractivity contribution >= 4 is 51.3 Å². The van der Waals surface area contributed by atoms with E-state index >= 15 is 0 Å². The van der Waals surface area contributed by atoms with Crippen molar-refractivity contribution in [2.24, 2.45) is 0 Å². The molecule has 0 spiro atoms. The number of nitrogens with zero attached hydrogens (tertiary/aromatic N) is 7. The lowest BCUT2D eigenvalue weighted by Crippen LogP contribution is -2.49. The van der Waals surface area contributed by atoms with Gasteiger partial charge in [-0.2, -0.15) is 0 Å². The summed E-state index contributed by atoms with van der Waals surface area (Å²) in [5.41, 5.74) is 6.89. The number of aromatic hydroxyl groups is 2. The average molecular weight is 927 g/mol. The number of ether oxygens (including phenoxy) is 3. The van der Waals surface area contributed by atoms with Crippen LogP contribution < -0.4 is 14.8 Å². The first-order valence-corrected chi connectivity index (χ1v) is 23.1. The highest BCUT2D eigenvalue weighted by molar-refractivity contribution is 6.02. The number of phenolic OH excluding ortho intramolecular Hbond substituents is 2. The molecule has 350 valence electrons. The van der Waals surface area contributed by atoms with Crippen molar-refractivity contribution in [1.29, 1.82) is 0 Å². The van der Waals surface area contributed by atoms with Gasteiger partial charge in [0.1, 0.15) is 35.4 Å². The Balaban J connectivity index is 0.766. The van der Waals surface area contributed by atoms with E-state index < -0.39 is 12.0 Å². The number of pyridine rings is 2. The zero-order valence-electron chi connectivity index (χ0n) is 38.5. The van der Waals surface area contributed by atoms with Crippen molar-refractivity contribution in [3.05, 3.63) is 138 Å². The Bertz CT molecular complexity index is 3320. The Kier molecular flexibility index (Phi) is 11.8. The van der Waals surface area contributed by atoms with Crippen LogP contribution >= 0.6 is 0 Å². The topological polar surface area (TPSA) is 186 Å². The second kappa shape index (κ2) is 18.4. The molecule has 2 aliphatic rings. The van der Waals surface area contributed by atoms with Crippen LogP contribution in [0.3, 0.4) is 0 Å². The number of rotatable bonds is 11.